The van der Waals surface area contributed by atoms with E-state index in [4.69, 9.17) is 30.7 Å². The molecule has 1 fully saturated rings. The minimum absolute atomic E-state index is 0.0593. The van der Waals surface area contributed by atoms with E-state index in [0.717, 1.165) is 17.7 Å². The lowest BCUT2D eigenvalue weighted by atomic mass is 10.1. The van der Waals surface area contributed by atoms with E-state index < -0.39 is 0 Å². The van der Waals surface area contributed by atoms with Crippen LogP contribution in [0.1, 0.15) is 6.42 Å². The number of benzene rings is 1. The highest BCUT2D eigenvalue weighted by molar-refractivity contribution is 5.88. The van der Waals surface area contributed by atoms with Crippen LogP contribution in [0.2, 0.25) is 0 Å². The number of rotatable bonds is 6. The minimum Gasteiger partial charge on any atom is -0.493 e. The molecular weight excluding hydrogens is 384 g/mol. The molecule has 4 N–H and O–H groups in total. The van der Waals surface area contributed by atoms with Crippen molar-refractivity contribution in [3.63, 3.8) is 0 Å². The number of fused-ring (bicyclic) bond motifs is 1. The maximum Gasteiger partial charge on any atom is 0.222 e. The first-order chi connectivity index (χ1) is 14.6. The van der Waals surface area contributed by atoms with Crippen molar-refractivity contribution in [2.24, 2.45) is 5.73 Å². The largest absolute Gasteiger partial charge is 0.493 e. The highest BCUT2D eigenvalue weighted by Crippen LogP contribution is 2.33. The highest BCUT2D eigenvalue weighted by atomic mass is 16.5. The second kappa shape index (κ2) is 8.68. The van der Waals surface area contributed by atoms with Crippen LogP contribution in [0.5, 0.6) is 11.5 Å². The average Bonchev–Trinajstić information content (AvgIpc) is 2.78. The molecule has 1 unspecified atom stereocenters. The molecular formula is C21H26N6O3. The fraction of sp³-hybridized carbons (Fsp3) is 0.381. The van der Waals surface area contributed by atoms with Crippen molar-refractivity contribution in [1.82, 2.24) is 15.0 Å². The van der Waals surface area contributed by atoms with Gasteiger partial charge in [-0.25, -0.2) is 9.97 Å². The summed E-state index contributed by atoms with van der Waals surface area (Å²) < 4.78 is 16.6. The average molecular weight is 410 g/mol. The zero-order valence-corrected chi connectivity index (χ0v) is 17.2. The van der Waals surface area contributed by atoms with Crippen LogP contribution < -0.4 is 25.8 Å². The third-order valence-electron chi connectivity index (χ3n) is 5.15. The van der Waals surface area contributed by atoms with Gasteiger partial charge in [-0.15, -0.1) is 0 Å². The normalized spacial score (nSPS) is 16.6. The first-order valence-corrected chi connectivity index (χ1v) is 9.86. The molecule has 1 aromatic carbocycles. The van der Waals surface area contributed by atoms with Crippen LogP contribution >= 0.6 is 0 Å². The van der Waals surface area contributed by atoms with E-state index in [-0.39, 0.29) is 12.1 Å². The van der Waals surface area contributed by atoms with Crippen molar-refractivity contribution in [2.75, 3.05) is 51.1 Å². The molecule has 1 saturated heterocycles. The molecule has 0 amide bonds. The Morgan fingerprint density at radius 3 is 2.70 bits per heavy atom. The highest BCUT2D eigenvalue weighted by Gasteiger charge is 2.24. The molecule has 30 heavy (non-hydrogen) atoms. The second-order valence-electron chi connectivity index (χ2n) is 7.06. The predicted molar refractivity (Wildman–Crippen MR) is 116 cm³/mol. The van der Waals surface area contributed by atoms with Crippen molar-refractivity contribution in [2.45, 2.75) is 12.5 Å². The fourth-order valence-corrected chi connectivity index (χ4v) is 3.67. The number of methoxy groups -OCH3 is 2. The molecule has 3 aromatic rings. The maximum atomic E-state index is 5.99. The van der Waals surface area contributed by atoms with Gasteiger partial charge in [0.1, 0.15) is 5.52 Å². The summed E-state index contributed by atoms with van der Waals surface area (Å²) in [4.78, 5) is 15.9. The zero-order valence-electron chi connectivity index (χ0n) is 17.2. The van der Waals surface area contributed by atoms with Crippen molar-refractivity contribution in [3.8, 4) is 22.8 Å². The lowest BCUT2D eigenvalue weighted by Gasteiger charge is -2.34. The van der Waals surface area contributed by atoms with Crippen molar-refractivity contribution < 1.29 is 14.2 Å². The molecule has 1 atom stereocenters. The van der Waals surface area contributed by atoms with Crippen LogP contribution in [0, 0.1) is 0 Å². The lowest BCUT2D eigenvalue weighted by Crippen LogP contribution is -2.43. The van der Waals surface area contributed by atoms with E-state index in [1.54, 1.807) is 14.2 Å². The summed E-state index contributed by atoms with van der Waals surface area (Å²) in [5.74, 6) is 2.24. The van der Waals surface area contributed by atoms with E-state index in [2.05, 4.69) is 14.9 Å². The molecule has 0 aliphatic carbocycles. The summed E-state index contributed by atoms with van der Waals surface area (Å²) in [5.41, 5.74) is 14.8. The van der Waals surface area contributed by atoms with Crippen LogP contribution in [-0.4, -0.2) is 61.5 Å². The number of morpholine rings is 1. The third kappa shape index (κ3) is 3.94. The Morgan fingerprint density at radius 1 is 1.10 bits per heavy atom. The summed E-state index contributed by atoms with van der Waals surface area (Å²) in [7, 11) is 3.22. The van der Waals surface area contributed by atoms with Gasteiger partial charge in [0.15, 0.2) is 17.3 Å². The molecule has 9 heteroatoms. The topological polar surface area (TPSA) is 122 Å². The first-order valence-electron chi connectivity index (χ1n) is 9.86. The number of nitrogens with two attached hydrogens (primary N) is 2. The second-order valence-corrected chi connectivity index (χ2v) is 7.06. The van der Waals surface area contributed by atoms with Gasteiger partial charge in [0.25, 0.3) is 0 Å². The SMILES string of the molecule is COc1ccc(-c2ccc3nc(N)nc(N4CCOC(CCN)C4)c3n2)cc1OC. The number of nitrogens with zero attached hydrogens (tertiary/aromatic N) is 4. The molecule has 1 aliphatic rings. The van der Waals surface area contributed by atoms with E-state index >= 15 is 0 Å². The number of anilines is 2. The standard InChI is InChI=1S/C21H26N6O3/c1-28-17-6-3-13(11-18(17)29-2)15-4-5-16-19(24-15)20(26-21(23)25-16)27-9-10-30-14(12-27)7-8-22/h3-6,11,14H,7-10,12,22H2,1-2H3,(H2,23,25,26). The first kappa shape index (κ1) is 20.1. The van der Waals surface area contributed by atoms with Crippen molar-refractivity contribution in [1.29, 1.82) is 0 Å². The van der Waals surface area contributed by atoms with Gasteiger partial charge in [-0.3, -0.25) is 0 Å². The smallest absolute Gasteiger partial charge is 0.222 e. The van der Waals surface area contributed by atoms with E-state index in [1.807, 2.05) is 30.3 Å². The van der Waals surface area contributed by atoms with Crippen LogP contribution in [0.15, 0.2) is 30.3 Å². The number of ether oxygens (including phenoxy) is 3. The summed E-state index contributed by atoms with van der Waals surface area (Å²) in [6.45, 7) is 2.57. The van der Waals surface area contributed by atoms with Gasteiger partial charge < -0.3 is 30.6 Å². The summed E-state index contributed by atoms with van der Waals surface area (Å²) in [6, 6.07) is 9.53. The number of pyridine rings is 1. The molecule has 0 spiro atoms. The van der Waals surface area contributed by atoms with Gasteiger partial charge in [0.2, 0.25) is 5.95 Å². The quantitative estimate of drug-likeness (QED) is 0.627. The Labute approximate surface area is 175 Å². The zero-order chi connectivity index (χ0) is 21.1. The molecule has 9 nitrogen and oxygen atoms in total. The molecule has 2 aromatic heterocycles. The van der Waals surface area contributed by atoms with Crippen LogP contribution in [0.25, 0.3) is 22.3 Å². The molecule has 3 heterocycles. The Balaban J connectivity index is 1.77. The third-order valence-corrected chi connectivity index (χ3v) is 5.15. The lowest BCUT2D eigenvalue weighted by molar-refractivity contribution is 0.0367. The van der Waals surface area contributed by atoms with Gasteiger partial charge in [0.05, 0.1) is 38.1 Å². The number of nitrogen functional groups attached to an aromatic ring is 1. The van der Waals surface area contributed by atoms with Crippen molar-refractivity contribution >= 4 is 22.8 Å². The summed E-state index contributed by atoms with van der Waals surface area (Å²) >= 11 is 0. The predicted octanol–water partition coefficient (Wildman–Crippen LogP) is 1.85. The fourth-order valence-electron chi connectivity index (χ4n) is 3.67. The van der Waals surface area contributed by atoms with E-state index in [1.165, 1.54) is 0 Å². The van der Waals surface area contributed by atoms with E-state index in [0.29, 0.717) is 54.6 Å². The molecule has 0 bridgehead atoms. The number of hydrogen-bond donors (Lipinski definition) is 2. The summed E-state index contributed by atoms with van der Waals surface area (Å²) in [6.07, 6.45) is 0.850. The molecule has 1 aliphatic heterocycles. The van der Waals surface area contributed by atoms with Crippen molar-refractivity contribution in [3.05, 3.63) is 30.3 Å². The Morgan fingerprint density at radius 2 is 1.93 bits per heavy atom. The van der Waals surface area contributed by atoms with Gasteiger partial charge >= 0.3 is 0 Å². The van der Waals surface area contributed by atoms with Gasteiger partial charge in [-0.05, 0) is 43.3 Å². The molecule has 4 rings (SSSR count). The molecule has 0 radical (unpaired) electrons. The number of hydrogen-bond acceptors (Lipinski definition) is 9. The Kier molecular flexibility index (Phi) is 5.82. The van der Waals surface area contributed by atoms with Gasteiger partial charge in [-0.1, -0.05) is 0 Å². The van der Waals surface area contributed by atoms with E-state index in [9.17, 15) is 0 Å². The minimum atomic E-state index is 0.0593. The van der Waals surface area contributed by atoms with Gasteiger partial charge in [-0.2, -0.15) is 4.98 Å². The Hall–Kier alpha value is -3.17. The molecule has 158 valence electrons. The van der Waals surface area contributed by atoms with Gasteiger partial charge in [0, 0.05) is 18.7 Å². The van der Waals surface area contributed by atoms with Crippen LogP contribution in [0.3, 0.4) is 0 Å². The van der Waals surface area contributed by atoms with Crippen LogP contribution in [0.4, 0.5) is 11.8 Å². The number of aromatic nitrogens is 3. The Bertz CT molecular complexity index is 1040. The summed E-state index contributed by atoms with van der Waals surface area (Å²) in [5, 5.41) is 0. The maximum absolute atomic E-state index is 5.99. The monoisotopic (exact) mass is 410 g/mol. The van der Waals surface area contributed by atoms with Crippen LogP contribution in [-0.2, 0) is 4.74 Å². The molecule has 0 saturated carbocycles.